The first-order valence-corrected chi connectivity index (χ1v) is 9.72. The average Bonchev–Trinajstić information content (AvgIpc) is 2.53. The molecule has 0 saturated carbocycles. The number of amides is 1. The third-order valence-electron chi connectivity index (χ3n) is 3.73. The molecule has 0 aliphatic rings. The first-order chi connectivity index (χ1) is 11.5. The van der Waals surface area contributed by atoms with Crippen LogP contribution >= 0.6 is 35.0 Å². The van der Waals surface area contributed by atoms with Gasteiger partial charge in [0.15, 0.2) is 0 Å². The number of aryl methyl sites for hydroxylation is 2. The molecule has 1 N–H and O–H groups in total. The van der Waals surface area contributed by atoms with Gasteiger partial charge in [0.2, 0.25) is 5.91 Å². The average molecular weight is 382 g/mol. The quantitative estimate of drug-likeness (QED) is 0.667. The molecule has 128 valence electrons. The van der Waals surface area contributed by atoms with Gasteiger partial charge in [0.25, 0.3) is 0 Å². The van der Waals surface area contributed by atoms with Gasteiger partial charge in [0, 0.05) is 28.1 Å². The van der Waals surface area contributed by atoms with Crippen molar-refractivity contribution < 1.29 is 4.79 Å². The summed E-state index contributed by atoms with van der Waals surface area (Å²) in [6.45, 7) is 4.71. The Hall–Kier alpha value is -1.16. The zero-order valence-corrected chi connectivity index (χ0v) is 16.2. The van der Waals surface area contributed by atoms with E-state index < -0.39 is 0 Å². The molecule has 2 aromatic carbocycles. The van der Waals surface area contributed by atoms with Gasteiger partial charge in [-0.15, -0.1) is 0 Å². The van der Waals surface area contributed by atoms with Crippen molar-refractivity contribution in [3.05, 3.63) is 68.7 Å². The lowest BCUT2D eigenvalue weighted by molar-refractivity contribution is -0.120. The smallest absolute Gasteiger partial charge is 0.224 e. The monoisotopic (exact) mass is 381 g/mol. The fraction of sp³-hybridized carbons (Fsp3) is 0.316. The number of rotatable bonds is 7. The summed E-state index contributed by atoms with van der Waals surface area (Å²) in [6, 6.07) is 11.7. The van der Waals surface area contributed by atoms with Crippen molar-refractivity contribution in [3.8, 4) is 0 Å². The number of carbonyl (C=O) groups excluding carboxylic acids is 1. The molecule has 0 unspecified atom stereocenters. The molecule has 0 aliphatic carbocycles. The lowest BCUT2D eigenvalue weighted by atomic mass is 10.0. The van der Waals surface area contributed by atoms with E-state index in [1.54, 1.807) is 11.8 Å². The number of halogens is 2. The molecule has 0 radical (unpaired) electrons. The number of nitrogens with one attached hydrogen (secondary N) is 1. The number of benzene rings is 2. The molecule has 0 spiro atoms. The number of hydrogen-bond acceptors (Lipinski definition) is 2. The van der Waals surface area contributed by atoms with E-state index in [0.29, 0.717) is 23.0 Å². The molecule has 0 bridgehead atoms. The highest BCUT2D eigenvalue weighted by Crippen LogP contribution is 2.27. The molecule has 2 nitrogen and oxygen atoms in total. The van der Waals surface area contributed by atoms with Gasteiger partial charge in [-0.3, -0.25) is 4.79 Å². The second-order valence-corrected chi connectivity index (χ2v) is 7.63. The fourth-order valence-corrected chi connectivity index (χ4v) is 3.93. The molecule has 0 saturated heterocycles. The van der Waals surface area contributed by atoms with Gasteiger partial charge in [-0.25, -0.2) is 0 Å². The summed E-state index contributed by atoms with van der Waals surface area (Å²) in [5.41, 5.74) is 4.37. The highest BCUT2D eigenvalue weighted by atomic mass is 35.5. The van der Waals surface area contributed by atoms with Crippen LogP contribution in [0.2, 0.25) is 10.0 Å². The molecule has 1 amide bonds. The molecule has 0 aromatic heterocycles. The molecular weight excluding hydrogens is 361 g/mol. The minimum absolute atomic E-state index is 0.0556. The van der Waals surface area contributed by atoms with Gasteiger partial charge in [-0.2, -0.15) is 11.8 Å². The first-order valence-electron chi connectivity index (χ1n) is 7.81. The van der Waals surface area contributed by atoms with Crippen molar-refractivity contribution in [2.45, 2.75) is 26.0 Å². The van der Waals surface area contributed by atoms with Crippen molar-refractivity contribution in [3.63, 3.8) is 0 Å². The van der Waals surface area contributed by atoms with Gasteiger partial charge >= 0.3 is 0 Å². The standard InChI is InChI=1S/C19H21Cl2NOS/c1-13-6-7-14(2)15(10-13)11-19(23)22-8-9-24-12-16-17(20)4-3-5-18(16)21/h3-7,10H,8-9,11-12H2,1-2H3,(H,22,23). The molecule has 0 aliphatic heterocycles. The zero-order chi connectivity index (χ0) is 17.5. The lowest BCUT2D eigenvalue weighted by Gasteiger charge is -2.09. The Balaban J connectivity index is 1.72. The highest BCUT2D eigenvalue weighted by molar-refractivity contribution is 7.98. The summed E-state index contributed by atoms with van der Waals surface area (Å²) in [7, 11) is 0. The maximum Gasteiger partial charge on any atom is 0.224 e. The van der Waals surface area contributed by atoms with E-state index in [4.69, 9.17) is 23.2 Å². The molecule has 0 fully saturated rings. The molecule has 24 heavy (non-hydrogen) atoms. The lowest BCUT2D eigenvalue weighted by Crippen LogP contribution is -2.27. The Labute approximate surface area is 157 Å². The summed E-state index contributed by atoms with van der Waals surface area (Å²) >= 11 is 14.0. The predicted molar refractivity (Wildman–Crippen MR) is 105 cm³/mol. The minimum atomic E-state index is 0.0556. The minimum Gasteiger partial charge on any atom is -0.355 e. The van der Waals surface area contributed by atoms with E-state index in [1.807, 2.05) is 32.0 Å². The van der Waals surface area contributed by atoms with Crippen molar-refractivity contribution in [2.24, 2.45) is 0 Å². The van der Waals surface area contributed by atoms with Crippen LogP contribution in [0.1, 0.15) is 22.3 Å². The third-order valence-corrected chi connectivity index (χ3v) is 5.43. The summed E-state index contributed by atoms with van der Waals surface area (Å²) in [6.07, 6.45) is 0.425. The fourth-order valence-electron chi connectivity index (χ4n) is 2.33. The Morgan fingerprint density at radius 3 is 2.54 bits per heavy atom. The Morgan fingerprint density at radius 1 is 1.12 bits per heavy atom. The van der Waals surface area contributed by atoms with Crippen LogP contribution in [0.5, 0.6) is 0 Å². The Bertz CT molecular complexity index is 698. The molecule has 2 aromatic rings. The number of carbonyl (C=O) groups is 1. The third kappa shape index (κ3) is 5.73. The van der Waals surface area contributed by atoms with Crippen molar-refractivity contribution in [1.82, 2.24) is 5.32 Å². The number of thioether (sulfide) groups is 1. The number of hydrogen-bond donors (Lipinski definition) is 1. The zero-order valence-electron chi connectivity index (χ0n) is 13.9. The SMILES string of the molecule is Cc1ccc(C)c(CC(=O)NCCSCc2c(Cl)cccc2Cl)c1. The van der Waals surface area contributed by atoms with Crippen LogP contribution < -0.4 is 5.32 Å². The van der Waals surface area contributed by atoms with E-state index in [2.05, 4.69) is 23.5 Å². The van der Waals surface area contributed by atoms with Crippen LogP contribution in [-0.4, -0.2) is 18.2 Å². The summed E-state index contributed by atoms with van der Waals surface area (Å²) in [4.78, 5) is 12.1. The van der Waals surface area contributed by atoms with Gasteiger partial charge in [-0.05, 0) is 42.7 Å². The van der Waals surface area contributed by atoms with Gasteiger partial charge in [0.1, 0.15) is 0 Å². The van der Waals surface area contributed by atoms with E-state index in [9.17, 15) is 4.79 Å². The molecular formula is C19H21Cl2NOS. The Kier molecular flexibility index (Phi) is 7.47. The van der Waals surface area contributed by atoms with Gasteiger partial charge < -0.3 is 5.32 Å². The van der Waals surface area contributed by atoms with E-state index in [0.717, 1.165) is 28.2 Å². The normalized spacial score (nSPS) is 10.7. The summed E-state index contributed by atoms with van der Waals surface area (Å²) < 4.78 is 0. The van der Waals surface area contributed by atoms with E-state index >= 15 is 0 Å². The molecule has 0 atom stereocenters. The predicted octanol–water partition coefficient (Wildman–Crippen LogP) is 5.20. The molecule has 2 rings (SSSR count). The second kappa shape index (κ2) is 9.36. The van der Waals surface area contributed by atoms with Crippen LogP contribution in [0.15, 0.2) is 36.4 Å². The van der Waals surface area contributed by atoms with E-state index in [-0.39, 0.29) is 5.91 Å². The maximum atomic E-state index is 12.1. The van der Waals surface area contributed by atoms with Crippen molar-refractivity contribution in [1.29, 1.82) is 0 Å². The van der Waals surface area contributed by atoms with Crippen LogP contribution in [0.4, 0.5) is 0 Å². The van der Waals surface area contributed by atoms with Crippen LogP contribution in [-0.2, 0) is 17.0 Å². The summed E-state index contributed by atoms with van der Waals surface area (Å²) in [5, 5.41) is 4.35. The van der Waals surface area contributed by atoms with Crippen LogP contribution in [0.25, 0.3) is 0 Å². The summed E-state index contributed by atoms with van der Waals surface area (Å²) in [5.74, 6) is 1.62. The second-order valence-electron chi connectivity index (χ2n) is 5.71. The highest BCUT2D eigenvalue weighted by Gasteiger charge is 2.07. The molecule has 0 heterocycles. The molecule has 5 heteroatoms. The van der Waals surface area contributed by atoms with Crippen LogP contribution in [0, 0.1) is 13.8 Å². The topological polar surface area (TPSA) is 29.1 Å². The van der Waals surface area contributed by atoms with Crippen LogP contribution in [0.3, 0.4) is 0 Å². The first kappa shape index (κ1) is 19.2. The Morgan fingerprint density at radius 2 is 1.83 bits per heavy atom. The maximum absolute atomic E-state index is 12.1. The largest absolute Gasteiger partial charge is 0.355 e. The van der Waals surface area contributed by atoms with Gasteiger partial charge in [0.05, 0.1) is 6.42 Å². The van der Waals surface area contributed by atoms with Crippen molar-refractivity contribution in [2.75, 3.05) is 12.3 Å². The van der Waals surface area contributed by atoms with E-state index in [1.165, 1.54) is 5.56 Å². The van der Waals surface area contributed by atoms with Gasteiger partial charge in [-0.1, -0.05) is 53.0 Å². The van der Waals surface area contributed by atoms with Crippen molar-refractivity contribution >= 4 is 40.9 Å².